The van der Waals surface area contributed by atoms with E-state index in [9.17, 15) is 4.79 Å². The predicted molar refractivity (Wildman–Crippen MR) is 64.6 cm³/mol. The van der Waals surface area contributed by atoms with Crippen LogP contribution >= 0.6 is 0 Å². The van der Waals surface area contributed by atoms with Crippen molar-refractivity contribution >= 4 is 5.91 Å². The maximum Gasteiger partial charge on any atom is 0.253 e. The van der Waals surface area contributed by atoms with Crippen LogP contribution in [0.4, 0.5) is 0 Å². The molecule has 0 aromatic rings. The summed E-state index contributed by atoms with van der Waals surface area (Å²) in [6.45, 7) is 5.14. The molecule has 6 heteroatoms. The van der Waals surface area contributed by atoms with Crippen molar-refractivity contribution in [3.63, 3.8) is 0 Å². The SMILES string of the molecule is COC(CN)C(=O)N(CCOCCO)C(C)C. The molecule has 0 aliphatic heterocycles. The molecule has 0 aromatic carbocycles. The second-order valence-electron chi connectivity index (χ2n) is 3.92. The third kappa shape index (κ3) is 5.97. The van der Waals surface area contributed by atoms with Gasteiger partial charge in [0, 0.05) is 26.2 Å². The summed E-state index contributed by atoms with van der Waals surface area (Å²) in [5.74, 6) is -0.127. The molecule has 0 saturated heterocycles. The summed E-state index contributed by atoms with van der Waals surface area (Å²) < 4.78 is 10.2. The lowest BCUT2D eigenvalue weighted by atomic mass is 10.2. The third-order valence-corrected chi connectivity index (χ3v) is 2.39. The van der Waals surface area contributed by atoms with Crippen molar-refractivity contribution in [2.45, 2.75) is 26.0 Å². The summed E-state index contributed by atoms with van der Waals surface area (Å²) in [4.78, 5) is 13.7. The maximum atomic E-state index is 12.0. The minimum atomic E-state index is -0.602. The van der Waals surface area contributed by atoms with Crippen LogP contribution in [0.3, 0.4) is 0 Å². The molecule has 0 aliphatic carbocycles. The first kappa shape index (κ1) is 16.3. The van der Waals surface area contributed by atoms with Gasteiger partial charge in [-0.15, -0.1) is 0 Å². The fourth-order valence-corrected chi connectivity index (χ4v) is 1.44. The van der Waals surface area contributed by atoms with E-state index < -0.39 is 6.10 Å². The highest BCUT2D eigenvalue weighted by molar-refractivity contribution is 5.81. The number of carbonyl (C=O) groups excluding carboxylic acids is 1. The fraction of sp³-hybridized carbons (Fsp3) is 0.909. The Morgan fingerprint density at radius 1 is 1.41 bits per heavy atom. The van der Waals surface area contributed by atoms with E-state index in [1.165, 1.54) is 7.11 Å². The Kier molecular flexibility index (Phi) is 8.97. The molecule has 6 nitrogen and oxygen atoms in total. The summed E-state index contributed by atoms with van der Waals surface area (Å²) in [5.41, 5.74) is 5.46. The number of amides is 1. The van der Waals surface area contributed by atoms with Crippen molar-refractivity contribution in [3.05, 3.63) is 0 Å². The smallest absolute Gasteiger partial charge is 0.253 e. The van der Waals surface area contributed by atoms with Crippen molar-refractivity contribution in [3.8, 4) is 0 Å². The Labute approximate surface area is 103 Å². The number of methoxy groups -OCH3 is 1. The molecule has 17 heavy (non-hydrogen) atoms. The number of nitrogens with zero attached hydrogens (tertiary/aromatic N) is 1. The Morgan fingerprint density at radius 2 is 2.06 bits per heavy atom. The number of ether oxygens (including phenoxy) is 2. The van der Waals surface area contributed by atoms with Gasteiger partial charge in [-0.2, -0.15) is 0 Å². The number of nitrogens with two attached hydrogens (primary N) is 1. The van der Waals surface area contributed by atoms with Crippen LogP contribution in [0.1, 0.15) is 13.8 Å². The van der Waals surface area contributed by atoms with Gasteiger partial charge >= 0.3 is 0 Å². The molecule has 0 saturated carbocycles. The van der Waals surface area contributed by atoms with Gasteiger partial charge in [0.15, 0.2) is 0 Å². The first-order chi connectivity index (χ1) is 8.08. The average Bonchev–Trinajstić information content (AvgIpc) is 2.30. The topological polar surface area (TPSA) is 85.0 Å². The number of hydrogen-bond donors (Lipinski definition) is 2. The minimum absolute atomic E-state index is 0.0148. The molecule has 0 aromatic heterocycles. The van der Waals surface area contributed by atoms with Gasteiger partial charge in [0.1, 0.15) is 6.10 Å². The minimum Gasteiger partial charge on any atom is -0.394 e. The Hall–Kier alpha value is -0.690. The van der Waals surface area contributed by atoms with Crippen LogP contribution in [0, 0.1) is 0 Å². The van der Waals surface area contributed by atoms with Gasteiger partial charge in [0.25, 0.3) is 5.91 Å². The van der Waals surface area contributed by atoms with E-state index in [1.54, 1.807) is 4.90 Å². The molecule has 0 bridgehead atoms. The van der Waals surface area contributed by atoms with Gasteiger partial charge in [-0.05, 0) is 13.8 Å². The van der Waals surface area contributed by atoms with Gasteiger partial charge in [-0.1, -0.05) is 0 Å². The summed E-state index contributed by atoms with van der Waals surface area (Å²) >= 11 is 0. The number of rotatable bonds is 9. The average molecular weight is 248 g/mol. The summed E-state index contributed by atoms with van der Waals surface area (Å²) in [7, 11) is 1.47. The highest BCUT2D eigenvalue weighted by atomic mass is 16.5. The molecule has 1 atom stereocenters. The fourth-order valence-electron chi connectivity index (χ4n) is 1.44. The molecule has 0 radical (unpaired) electrons. The highest BCUT2D eigenvalue weighted by Gasteiger charge is 2.24. The van der Waals surface area contributed by atoms with E-state index in [1.807, 2.05) is 13.8 Å². The lowest BCUT2D eigenvalue weighted by molar-refractivity contribution is -0.144. The zero-order valence-corrected chi connectivity index (χ0v) is 10.9. The second-order valence-corrected chi connectivity index (χ2v) is 3.92. The van der Waals surface area contributed by atoms with Crippen LogP contribution in [0.5, 0.6) is 0 Å². The number of aliphatic hydroxyl groups excluding tert-OH is 1. The zero-order chi connectivity index (χ0) is 13.3. The normalized spacial score (nSPS) is 12.8. The summed E-state index contributed by atoms with van der Waals surface area (Å²) in [6.07, 6.45) is -0.602. The number of carbonyl (C=O) groups is 1. The number of aliphatic hydroxyl groups is 1. The standard InChI is InChI=1S/C11H24N2O4/c1-9(2)13(4-6-17-7-5-14)11(15)10(8-12)16-3/h9-10,14H,4-8,12H2,1-3H3. The lowest BCUT2D eigenvalue weighted by Crippen LogP contribution is -2.48. The van der Waals surface area contributed by atoms with Crippen LogP contribution in [0.2, 0.25) is 0 Å². The molecule has 102 valence electrons. The molecule has 1 amide bonds. The highest BCUT2D eigenvalue weighted by Crippen LogP contribution is 2.03. The molecule has 1 unspecified atom stereocenters. The lowest BCUT2D eigenvalue weighted by Gasteiger charge is -2.29. The maximum absolute atomic E-state index is 12.0. The Morgan fingerprint density at radius 3 is 2.47 bits per heavy atom. The Bertz CT molecular complexity index is 208. The van der Waals surface area contributed by atoms with Crippen molar-refractivity contribution in [2.75, 3.05) is 40.0 Å². The molecule has 0 fully saturated rings. The summed E-state index contributed by atoms with van der Waals surface area (Å²) in [6, 6.07) is 0.0597. The van der Waals surface area contributed by atoms with Crippen molar-refractivity contribution in [1.29, 1.82) is 0 Å². The van der Waals surface area contributed by atoms with Gasteiger partial charge in [0.05, 0.1) is 19.8 Å². The molecular weight excluding hydrogens is 224 g/mol. The van der Waals surface area contributed by atoms with Crippen molar-refractivity contribution in [1.82, 2.24) is 4.90 Å². The molecule has 0 heterocycles. The van der Waals surface area contributed by atoms with Crippen LogP contribution in [0.25, 0.3) is 0 Å². The zero-order valence-electron chi connectivity index (χ0n) is 10.9. The number of hydrogen-bond acceptors (Lipinski definition) is 5. The molecule has 0 aliphatic rings. The first-order valence-electron chi connectivity index (χ1n) is 5.80. The quantitative estimate of drug-likeness (QED) is 0.522. The van der Waals surface area contributed by atoms with Gasteiger partial charge in [-0.25, -0.2) is 0 Å². The van der Waals surface area contributed by atoms with E-state index in [0.717, 1.165) is 0 Å². The summed E-state index contributed by atoms with van der Waals surface area (Å²) in [5, 5.41) is 8.57. The van der Waals surface area contributed by atoms with E-state index in [0.29, 0.717) is 13.2 Å². The van der Waals surface area contributed by atoms with Crippen LogP contribution < -0.4 is 5.73 Å². The van der Waals surface area contributed by atoms with E-state index in [4.69, 9.17) is 20.3 Å². The third-order valence-electron chi connectivity index (χ3n) is 2.39. The van der Waals surface area contributed by atoms with Crippen molar-refractivity contribution < 1.29 is 19.4 Å². The van der Waals surface area contributed by atoms with E-state index >= 15 is 0 Å². The monoisotopic (exact) mass is 248 g/mol. The van der Waals surface area contributed by atoms with Gasteiger partial charge in [-0.3, -0.25) is 4.79 Å². The van der Waals surface area contributed by atoms with Crippen LogP contribution in [-0.4, -0.2) is 68.1 Å². The van der Waals surface area contributed by atoms with E-state index in [-0.39, 0.29) is 31.7 Å². The molecule has 0 rings (SSSR count). The predicted octanol–water partition coefficient (Wildman–Crippen LogP) is -0.794. The van der Waals surface area contributed by atoms with Crippen LogP contribution in [0.15, 0.2) is 0 Å². The molecular formula is C11H24N2O4. The van der Waals surface area contributed by atoms with Crippen LogP contribution in [-0.2, 0) is 14.3 Å². The molecule has 0 spiro atoms. The van der Waals surface area contributed by atoms with Crippen molar-refractivity contribution in [2.24, 2.45) is 5.73 Å². The second kappa shape index (κ2) is 9.35. The Balaban J connectivity index is 4.26. The van der Waals surface area contributed by atoms with Gasteiger partial charge in [0.2, 0.25) is 0 Å². The first-order valence-corrected chi connectivity index (χ1v) is 5.80. The van der Waals surface area contributed by atoms with Gasteiger partial charge < -0.3 is 25.2 Å². The molecule has 3 N–H and O–H groups in total. The van der Waals surface area contributed by atoms with E-state index in [2.05, 4.69) is 0 Å². The largest absolute Gasteiger partial charge is 0.394 e.